The number of carbonyl (C=O) groups excluding carboxylic acids is 1. The molecule has 0 bridgehead atoms. The first-order chi connectivity index (χ1) is 9.24. The predicted molar refractivity (Wildman–Crippen MR) is 71.2 cm³/mol. The smallest absolute Gasteiger partial charge is 0.334 e. The molecule has 0 saturated carbocycles. The molecule has 0 N–H and O–H groups in total. The average Bonchev–Trinajstić information content (AvgIpc) is 2.47. The molecule has 0 aliphatic carbocycles. The Morgan fingerprint density at radius 1 is 1.47 bits per heavy atom. The summed E-state index contributed by atoms with van der Waals surface area (Å²) in [5.74, 6) is -0.265. The molecule has 0 radical (unpaired) electrons. The molecule has 1 aliphatic heterocycles. The summed E-state index contributed by atoms with van der Waals surface area (Å²) in [6.07, 6.45) is 2.76. The van der Waals surface area contributed by atoms with E-state index in [9.17, 15) is 4.79 Å². The van der Waals surface area contributed by atoms with Crippen molar-refractivity contribution in [3.8, 4) is 6.07 Å². The molecule has 1 aliphatic rings. The van der Waals surface area contributed by atoms with E-state index in [-0.39, 0.29) is 5.97 Å². The van der Waals surface area contributed by atoms with Gasteiger partial charge < -0.3 is 4.74 Å². The summed E-state index contributed by atoms with van der Waals surface area (Å²) in [7, 11) is 1.40. The Hall–Kier alpha value is -2.12. The monoisotopic (exact) mass is 256 g/mol. The second kappa shape index (κ2) is 6.17. The summed E-state index contributed by atoms with van der Waals surface area (Å²) in [4.78, 5) is 13.7. The molecule has 4 nitrogen and oxygen atoms in total. The number of methoxy groups -OCH3 is 1. The van der Waals surface area contributed by atoms with Crippen LogP contribution in [0.2, 0.25) is 0 Å². The summed E-state index contributed by atoms with van der Waals surface area (Å²) < 4.78 is 4.75. The summed E-state index contributed by atoms with van der Waals surface area (Å²) in [6, 6.07) is 9.75. The lowest BCUT2D eigenvalue weighted by atomic mass is 10.1. The van der Waals surface area contributed by atoms with Crippen molar-refractivity contribution in [1.82, 2.24) is 4.90 Å². The normalized spacial score (nSPS) is 15.5. The van der Waals surface area contributed by atoms with Gasteiger partial charge in [0.2, 0.25) is 0 Å². The molecule has 1 aromatic rings. The van der Waals surface area contributed by atoms with E-state index >= 15 is 0 Å². The van der Waals surface area contributed by atoms with Crippen molar-refractivity contribution in [1.29, 1.82) is 5.26 Å². The molecule has 0 unspecified atom stereocenters. The number of hydrogen-bond donors (Lipinski definition) is 0. The molecular formula is C15H16N2O2. The van der Waals surface area contributed by atoms with Crippen LogP contribution in [0.1, 0.15) is 17.5 Å². The lowest BCUT2D eigenvalue weighted by molar-refractivity contribution is -0.136. The van der Waals surface area contributed by atoms with Crippen LogP contribution in [0, 0.1) is 11.3 Å². The molecule has 0 aromatic heterocycles. The number of nitriles is 1. The molecule has 2 rings (SSSR count). The van der Waals surface area contributed by atoms with Crippen LogP contribution in [-0.4, -0.2) is 31.1 Å². The zero-order valence-corrected chi connectivity index (χ0v) is 10.9. The molecule has 98 valence electrons. The number of ether oxygens (including phenoxy) is 1. The summed E-state index contributed by atoms with van der Waals surface area (Å²) in [5.41, 5.74) is 2.39. The SMILES string of the molecule is COC(=O)C1=CCCN(Cc2ccccc2C#N)C1. The molecule has 0 atom stereocenters. The maximum absolute atomic E-state index is 11.5. The van der Waals surface area contributed by atoms with Gasteiger partial charge in [-0.1, -0.05) is 24.3 Å². The first kappa shape index (κ1) is 13.3. The zero-order chi connectivity index (χ0) is 13.7. The molecule has 1 heterocycles. The maximum atomic E-state index is 11.5. The molecule has 0 fully saturated rings. The van der Waals surface area contributed by atoms with Crippen LogP contribution >= 0.6 is 0 Å². The Labute approximate surface area is 112 Å². The number of carbonyl (C=O) groups is 1. The van der Waals surface area contributed by atoms with E-state index in [0.29, 0.717) is 24.2 Å². The lowest BCUT2D eigenvalue weighted by Crippen LogP contribution is -2.32. The summed E-state index contributed by atoms with van der Waals surface area (Å²) in [5, 5.41) is 9.07. The second-order valence-electron chi connectivity index (χ2n) is 4.49. The van der Waals surface area contributed by atoms with Crippen LogP contribution in [0.5, 0.6) is 0 Å². The van der Waals surface area contributed by atoms with Crippen molar-refractivity contribution in [2.24, 2.45) is 0 Å². The van der Waals surface area contributed by atoms with E-state index in [1.165, 1.54) is 7.11 Å². The van der Waals surface area contributed by atoms with Crippen molar-refractivity contribution in [2.75, 3.05) is 20.2 Å². The van der Waals surface area contributed by atoms with E-state index in [1.807, 2.05) is 30.3 Å². The minimum atomic E-state index is -0.265. The Kier molecular flexibility index (Phi) is 4.32. The standard InChI is InChI=1S/C15H16N2O2/c1-19-15(18)14-7-4-8-17(11-14)10-13-6-3-2-5-12(13)9-16/h2-3,5-7H,4,8,10-11H2,1H3. The Bertz CT molecular complexity index is 543. The predicted octanol–water partition coefficient (Wildman–Crippen LogP) is 1.86. The van der Waals surface area contributed by atoms with Gasteiger partial charge in [-0.15, -0.1) is 0 Å². The molecule has 19 heavy (non-hydrogen) atoms. The molecule has 1 aromatic carbocycles. The fraction of sp³-hybridized carbons (Fsp3) is 0.333. The topological polar surface area (TPSA) is 53.3 Å². The third-order valence-corrected chi connectivity index (χ3v) is 3.21. The number of benzene rings is 1. The van der Waals surface area contributed by atoms with E-state index in [2.05, 4.69) is 11.0 Å². The number of hydrogen-bond acceptors (Lipinski definition) is 4. The maximum Gasteiger partial charge on any atom is 0.334 e. The zero-order valence-electron chi connectivity index (χ0n) is 10.9. The highest BCUT2D eigenvalue weighted by Gasteiger charge is 2.19. The number of rotatable bonds is 3. The van der Waals surface area contributed by atoms with E-state index in [4.69, 9.17) is 10.00 Å². The van der Waals surface area contributed by atoms with E-state index in [1.54, 1.807) is 0 Å². The van der Waals surface area contributed by atoms with Crippen molar-refractivity contribution >= 4 is 5.97 Å². The number of nitrogens with zero attached hydrogens (tertiary/aromatic N) is 2. The van der Waals surface area contributed by atoms with Gasteiger partial charge in [-0.3, -0.25) is 4.90 Å². The first-order valence-electron chi connectivity index (χ1n) is 6.22. The van der Waals surface area contributed by atoms with E-state index < -0.39 is 0 Å². The van der Waals surface area contributed by atoms with Crippen molar-refractivity contribution in [3.05, 3.63) is 47.0 Å². The van der Waals surface area contributed by atoms with Gasteiger partial charge in [0.15, 0.2) is 0 Å². The van der Waals surface area contributed by atoms with Gasteiger partial charge >= 0.3 is 5.97 Å². The van der Waals surface area contributed by atoms with Gasteiger partial charge in [-0.25, -0.2) is 4.79 Å². The minimum Gasteiger partial charge on any atom is -0.466 e. The van der Waals surface area contributed by atoms with Gasteiger partial charge in [0.05, 0.1) is 18.7 Å². The lowest BCUT2D eigenvalue weighted by Gasteiger charge is -2.26. The number of esters is 1. The van der Waals surface area contributed by atoms with Crippen molar-refractivity contribution in [3.63, 3.8) is 0 Å². The van der Waals surface area contributed by atoms with E-state index in [0.717, 1.165) is 18.5 Å². The van der Waals surface area contributed by atoms with Gasteiger partial charge in [0.25, 0.3) is 0 Å². The average molecular weight is 256 g/mol. The summed E-state index contributed by atoms with van der Waals surface area (Å²) >= 11 is 0. The highest BCUT2D eigenvalue weighted by Crippen LogP contribution is 2.16. The highest BCUT2D eigenvalue weighted by molar-refractivity contribution is 5.88. The Morgan fingerprint density at radius 2 is 2.26 bits per heavy atom. The third kappa shape index (κ3) is 3.21. The first-order valence-corrected chi connectivity index (χ1v) is 6.22. The van der Waals surface area contributed by atoms with Gasteiger partial charge in [-0.05, 0) is 18.1 Å². The van der Waals surface area contributed by atoms with Crippen molar-refractivity contribution < 1.29 is 9.53 Å². The van der Waals surface area contributed by atoms with Gasteiger partial charge in [0.1, 0.15) is 0 Å². The largest absolute Gasteiger partial charge is 0.466 e. The third-order valence-electron chi connectivity index (χ3n) is 3.21. The fourth-order valence-electron chi connectivity index (χ4n) is 2.23. The van der Waals surface area contributed by atoms with Crippen LogP contribution in [0.4, 0.5) is 0 Å². The molecular weight excluding hydrogens is 240 g/mol. The highest BCUT2D eigenvalue weighted by atomic mass is 16.5. The second-order valence-corrected chi connectivity index (χ2v) is 4.49. The van der Waals surface area contributed by atoms with Gasteiger partial charge in [0, 0.05) is 25.2 Å². The minimum absolute atomic E-state index is 0.265. The van der Waals surface area contributed by atoms with Crippen LogP contribution in [0.15, 0.2) is 35.9 Å². The molecule has 0 saturated heterocycles. The molecule has 4 heteroatoms. The Morgan fingerprint density at radius 3 is 3.00 bits per heavy atom. The van der Waals surface area contributed by atoms with Crippen LogP contribution in [0.3, 0.4) is 0 Å². The fourth-order valence-corrected chi connectivity index (χ4v) is 2.23. The van der Waals surface area contributed by atoms with Gasteiger partial charge in [-0.2, -0.15) is 5.26 Å². The van der Waals surface area contributed by atoms with Crippen LogP contribution in [0.25, 0.3) is 0 Å². The quantitative estimate of drug-likeness (QED) is 0.775. The molecule has 0 amide bonds. The molecule has 0 spiro atoms. The van der Waals surface area contributed by atoms with Crippen LogP contribution < -0.4 is 0 Å². The Balaban J connectivity index is 2.07. The van der Waals surface area contributed by atoms with Crippen LogP contribution in [-0.2, 0) is 16.1 Å². The van der Waals surface area contributed by atoms with Crippen molar-refractivity contribution in [2.45, 2.75) is 13.0 Å². The summed E-state index contributed by atoms with van der Waals surface area (Å²) in [6.45, 7) is 2.14.